The minimum atomic E-state index is -0.933. The number of carbonyl (C=O) groups is 1. The number of aromatic nitrogens is 2. The molecule has 2 aromatic rings. The molecule has 0 bridgehead atoms. The molecule has 1 fully saturated rings. The van der Waals surface area contributed by atoms with Crippen LogP contribution in [0.5, 0.6) is 0 Å². The predicted octanol–water partition coefficient (Wildman–Crippen LogP) is 2.30. The third-order valence-corrected chi connectivity index (χ3v) is 3.82. The molecule has 1 N–H and O–H groups in total. The van der Waals surface area contributed by atoms with Gasteiger partial charge in [-0.15, -0.1) is 0 Å². The Morgan fingerprint density at radius 1 is 1.53 bits per heavy atom. The maximum absolute atomic E-state index is 11.0. The van der Waals surface area contributed by atoms with Gasteiger partial charge in [-0.2, -0.15) is 0 Å². The Kier molecular flexibility index (Phi) is 2.60. The molecule has 19 heavy (non-hydrogen) atoms. The van der Waals surface area contributed by atoms with Crippen molar-refractivity contribution in [2.75, 3.05) is 6.61 Å². The first-order chi connectivity index (χ1) is 9.01. The van der Waals surface area contributed by atoms with Crippen LogP contribution in [0.15, 0.2) is 18.2 Å². The monoisotopic (exact) mass is 260 g/mol. The Bertz CT molecular complexity index is 654. The number of aromatic carboxylic acids is 1. The average molecular weight is 260 g/mol. The Morgan fingerprint density at radius 2 is 2.32 bits per heavy atom. The lowest BCUT2D eigenvalue weighted by Gasteiger charge is -2.22. The van der Waals surface area contributed by atoms with E-state index >= 15 is 0 Å². The maximum atomic E-state index is 11.0. The second kappa shape index (κ2) is 4.06. The van der Waals surface area contributed by atoms with E-state index in [9.17, 15) is 4.79 Å². The van der Waals surface area contributed by atoms with Crippen molar-refractivity contribution < 1.29 is 14.6 Å². The summed E-state index contributed by atoms with van der Waals surface area (Å²) in [7, 11) is 1.94. The highest BCUT2D eigenvalue weighted by Gasteiger charge is 2.36. The Morgan fingerprint density at radius 3 is 2.95 bits per heavy atom. The van der Waals surface area contributed by atoms with E-state index < -0.39 is 5.97 Å². The van der Waals surface area contributed by atoms with Crippen molar-refractivity contribution in [3.05, 3.63) is 29.6 Å². The van der Waals surface area contributed by atoms with Gasteiger partial charge < -0.3 is 14.4 Å². The molecule has 1 aromatic heterocycles. The number of hydrogen-bond donors (Lipinski definition) is 1. The molecule has 0 spiro atoms. The van der Waals surface area contributed by atoms with Gasteiger partial charge in [0.25, 0.3) is 0 Å². The molecule has 0 aliphatic carbocycles. The summed E-state index contributed by atoms with van der Waals surface area (Å²) < 4.78 is 7.81. The summed E-state index contributed by atoms with van der Waals surface area (Å²) in [4.78, 5) is 15.6. The van der Waals surface area contributed by atoms with Gasteiger partial charge in [0.2, 0.25) is 0 Å². The lowest BCUT2D eigenvalue weighted by Crippen LogP contribution is -2.24. The molecule has 5 heteroatoms. The lowest BCUT2D eigenvalue weighted by atomic mass is 10.0. The highest BCUT2D eigenvalue weighted by molar-refractivity contribution is 5.92. The van der Waals surface area contributed by atoms with Crippen molar-refractivity contribution in [1.82, 2.24) is 9.55 Å². The zero-order valence-corrected chi connectivity index (χ0v) is 11.0. The molecule has 0 amide bonds. The van der Waals surface area contributed by atoms with Gasteiger partial charge in [-0.05, 0) is 38.0 Å². The van der Waals surface area contributed by atoms with Gasteiger partial charge in [-0.25, -0.2) is 9.78 Å². The first-order valence-corrected chi connectivity index (χ1v) is 6.35. The van der Waals surface area contributed by atoms with Crippen LogP contribution in [0.25, 0.3) is 11.0 Å². The van der Waals surface area contributed by atoms with E-state index in [1.54, 1.807) is 18.2 Å². The van der Waals surface area contributed by atoms with E-state index in [2.05, 4.69) is 4.98 Å². The quantitative estimate of drug-likeness (QED) is 0.899. The second-order valence-corrected chi connectivity index (χ2v) is 5.19. The predicted molar refractivity (Wildman–Crippen MR) is 70.2 cm³/mol. The number of nitrogens with zero attached hydrogens (tertiary/aromatic N) is 2. The fourth-order valence-corrected chi connectivity index (χ4v) is 2.76. The van der Waals surface area contributed by atoms with Gasteiger partial charge in [-0.3, -0.25) is 0 Å². The summed E-state index contributed by atoms with van der Waals surface area (Å²) in [6.07, 6.45) is 1.97. The molecular weight excluding hydrogens is 244 g/mol. The molecule has 5 nitrogen and oxygen atoms in total. The van der Waals surface area contributed by atoms with Crippen LogP contribution in [-0.2, 0) is 17.4 Å². The maximum Gasteiger partial charge on any atom is 0.335 e. The number of fused-ring (bicyclic) bond motifs is 1. The minimum absolute atomic E-state index is 0.259. The third-order valence-electron chi connectivity index (χ3n) is 3.82. The largest absolute Gasteiger partial charge is 0.478 e. The highest BCUT2D eigenvalue weighted by atomic mass is 16.5. The molecule has 1 atom stereocenters. The topological polar surface area (TPSA) is 64.4 Å². The second-order valence-electron chi connectivity index (χ2n) is 5.19. The molecule has 1 aliphatic rings. The van der Waals surface area contributed by atoms with E-state index in [1.165, 1.54) is 0 Å². The summed E-state index contributed by atoms with van der Waals surface area (Å²) >= 11 is 0. The van der Waals surface area contributed by atoms with E-state index in [-0.39, 0.29) is 11.2 Å². The van der Waals surface area contributed by atoms with E-state index in [0.717, 1.165) is 30.8 Å². The van der Waals surface area contributed by atoms with Crippen molar-refractivity contribution in [2.24, 2.45) is 7.05 Å². The van der Waals surface area contributed by atoms with E-state index in [4.69, 9.17) is 9.84 Å². The van der Waals surface area contributed by atoms with Crippen LogP contribution in [0.3, 0.4) is 0 Å². The molecule has 2 heterocycles. The first kappa shape index (κ1) is 12.2. The number of benzene rings is 1. The standard InChI is InChI=1S/C14H16N2O3/c1-14(6-3-7-19-14)13-15-10-8-9(12(17)18)4-5-11(10)16(13)2/h4-5,8H,3,6-7H2,1-2H3,(H,17,18). The molecule has 100 valence electrons. The number of carboxylic acids is 1. The van der Waals surface area contributed by atoms with Crippen molar-refractivity contribution in [3.63, 3.8) is 0 Å². The highest BCUT2D eigenvalue weighted by Crippen LogP contribution is 2.36. The molecule has 1 aliphatic heterocycles. The van der Waals surface area contributed by atoms with Crippen LogP contribution in [0.2, 0.25) is 0 Å². The van der Waals surface area contributed by atoms with Crippen LogP contribution in [0.4, 0.5) is 0 Å². The summed E-state index contributed by atoms with van der Waals surface area (Å²) in [5, 5.41) is 9.02. The smallest absolute Gasteiger partial charge is 0.335 e. The Labute approximate surface area is 110 Å². The normalized spacial score (nSPS) is 23.1. The summed E-state index contributed by atoms with van der Waals surface area (Å²) in [6.45, 7) is 2.79. The number of imidazole rings is 1. The number of ether oxygens (including phenoxy) is 1. The van der Waals surface area contributed by atoms with Crippen LogP contribution >= 0.6 is 0 Å². The van der Waals surface area contributed by atoms with Crippen LogP contribution in [-0.4, -0.2) is 27.2 Å². The Hall–Kier alpha value is -1.88. The van der Waals surface area contributed by atoms with Gasteiger partial charge in [0.05, 0.1) is 16.6 Å². The van der Waals surface area contributed by atoms with Crippen molar-refractivity contribution >= 4 is 17.0 Å². The third kappa shape index (κ3) is 1.81. The molecule has 0 saturated carbocycles. The molecular formula is C14H16N2O3. The van der Waals surface area contributed by atoms with Crippen LogP contribution in [0.1, 0.15) is 35.9 Å². The molecule has 1 unspecified atom stereocenters. The zero-order valence-electron chi connectivity index (χ0n) is 11.0. The fraction of sp³-hybridized carbons (Fsp3) is 0.429. The minimum Gasteiger partial charge on any atom is -0.478 e. The molecule has 1 aromatic carbocycles. The van der Waals surface area contributed by atoms with Crippen LogP contribution < -0.4 is 0 Å². The zero-order chi connectivity index (χ0) is 13.6. The van der Waals surface area contributed by atoms with Gasteiger partial charge >= 0.3 is 5.97 Å². The SMILES string of the molecule is Cn1c(C2(C)CCCO2)nc2cc(C(=O)O)ccc21. The van der Waals surface area contributed by atoms with Gasteiger partial charge in [-0.1, -0.05) is 0 Å². The van der Waals surface area contributed by atoms with Crippen molar-refractivity contribution in [3.8, 4) is 0 Å². The summed E-state index contributed by atoms with van der Waals surface area (Å²) in [5.41, 5.74) is 1.53. The van der Waals surface area contributed by atoms with Gasteiger partial charge in [0.1, 0.15) is 11.4 Å². The summed E-state index contributed by atoms with van der Waals surface area (Å²) in [6, 6.07) is 5.01. The molecule has 0 radical (unpaired) electrons. The number of carboxylic acid groups (broad SMARTS) is 1. The van der Waals surface area contributed by atoms with Gasteiger partial charge in [0.15, 0.2) is 0 Å². The van der Waals surface area contributed by atoms with Crippen molar-refractivity contribution in [2.45, 2.75) is 25.4 Å². The van der Waals surface area contributed by atoms with Crippen molar-refractivity contribution in [1.29, 1.82) is 0 Å². The average Bonchev–Trinajstić information content (AvgIpc) is 2.95. The molecule has 1 saturated heterocycles. The van der Waals surface area contributed by atoms with Crippen LogP contribution in [0, 0.1) is 0 Å². The number of hydrogen-bond acceptors (Lipinski definition) is 3. The van der Waals surface area contributed by atoms with Gasteiger partial charge in [0, 0.05) is 13.7 Å². The molecule has 3 rings (SSSR count). The lowest BCUT2D eigenvalue weighted by molar-refractivity contribution is 0.00761. The number of aryl methyl sites for hydroxylation is 1. The fourth-order valence-electron chi connectivity index (χ4n) is 2.76. The number of rotatable bonds is 2. The van der Waals surface area contributed by atoms with E-state index in [0.29, 0.717) is 5.52 Å². The summed E-state index contributed by atoms with van der Waals surface area (Å²) in [5.74, 6) is -0.0695. The Balaban J connectivity index is 2.17. The first-order valence-electron chi connectivity index (χ1n) is 6.35. The van der Waals surface area contributed by atoms with E-state index in [1.807, 2.05) is 18.5 Å².